The number of H-pyrrole nitrogens is 1. The highest BCUT2D eigenvalue weighted by Gasteiger charge is 2.24. The molecule has 28 heavy (non-hydrogen) atoms. The second-order valence-corrected chi connectivity index (χ2v) is 6.99. The number of nitrogens with one attached hydrogen (secondary N) is 1. The van der Waals surface area contributed by atoms with Crippen molar-refractivity contribution in [1.82, 2.24) is 24.3 Å². The molecular weight excluding hydrogens is 386 g/mol. The van der Waals surface area contributed by atoms with Crippen LogP contribution in [0, 0.1) is 0 Å². The van der Waals surface area contributed by atoms with E-state index in [1.54, 1.807) is 11.6 Å². The van der Waals surface area contributed by atoms with E-state index in [4.69, 9.17) is 10.5 Å². The van der Waals surface area contributed by atoms with Gasteiger partial charge in [-0.1, -0.05) is 25.1 Å². The molecule has 12 heteroatoms. The monoisotopic (exact) mass is 411 g/mol. The van der Waals surface area contributed by atoms with Gasteiger partial charge in [-0.05, 0) is 6.42 Å². The van der Waals surface area contributed by atoms with E-state index in [2.05, 4.69) is 15.2 Å². The van der Waals surface area contributed by atoms with Crippen LogP contribution in [-0.2, 0) is 23.1 Å². The lowest BCUT2D eigenvalue weighted by Crippen LogP contribution is -2.43. The van der Waals surface area contributed by atoms with Gasteiger partial charge in [0.1, 0.15) is 12.1 Å². The summed E-state index contributed by atoms with van der Waals surface area (Å²) in [5.74, 6) is -0.373. The normalized spacial score (nSPS) is 11.0. The van der Waals surface area contributed by atoms with E-state index < -0.39 is 11.2 Å². The predicted molar refractivity (Wildman–Crippen MR) is 107 cm³/mol. The molecule has 0 aliphatic heterocycles. The van der Waals surface area contributed by atoms with Crippen LogP contribution >= 0.6 is 11.8 Å². The Bertz CT molecular complexity index is 920. The molecule has 154 valence electrons. The number of methoxy groups -OCH3 is 1. The molecule has 0 radical (unpaired) electrons. The summed E-state index contributed by atoms with van der Waals surface area (Å²) in [6.45, 7) is 2.65. The van der Waals surface area contributed by atoms with E-state index in [9.17, 15) is 14.4 Å². The summed E-state index contributed by atoms with van der Waals surface area (Å²) >= 11 is 1.19. The first-order valence-corrected chi connectivity index (χ1v) is 9.77. The Hall–Kier alpha value is -2.60. The maximum atomic E-state index is 12.9. The summed E-state index contributed by atoms with van der Waals surface area (Å²) in [7, 11) is 3.26. The number of nitrogen functional groups attached to an aromatic ring is 1. The number of aromatic nitrogens is 5. The van der Waals surface area contributed by atoms with Gasteiger partial charge in [-0.3, -0.25) is 19.1 Å². The van der Waals surface area contributed by atoms with Crippen LogP contribution in [0.1, 0.15) is 19.8 Å². The lowest BCUT2D eigenvalue weighted by Gasteiger charge is -2.24. The molecule has 11 nitrogen and oxygen atoms in total. The fourth-order valence-corrected chi connectivity index (χ4v) is 3.29. The largest absolute Gasteiger partial charge is 0.383 e. The maximum absolute atomic E-state index is 12.9. The van der Waals surface area contributed by atoms with Gasteiger partial charge in [0.25, 0.3) is 5.56 Å². The van der Waals surface area contributed by atoms with Crippen LogP contribution in [0.4, 0.5) is 11.5 Å². The molecule has 0 bridgehead atoms. The number of ether oxygens (including phenoxy) is 1. The number of anilines is 2. The van der Waals surface area contributed by atoms with Crippen molar-refractivity contribution in [2.24, 2.45) is 7.05 Å². The Morgan fingerprint density at radius 3 is 2.79 bits per heavy atom. The number of carbonyl (C=O) groups excluding carboxylic acids is 1. The van der Waals surface area contributed by atoms with Gasteiger partial charge in [-0.15, -0.1) is 10.2 Å². The van der Waals surface area contributed by atoms with Gasteiger partial charge in [-0.25, -0.2) is 4.79 Å². The lowest BCUT2D eigenvalue weighted by atomic mass is 10.3. The van der Waals surface area contributed by atoms with Crippen molar-refractivity contribution in [2.75, 3.05) is 36.6 Å². The first-order valence-electron chi connectivity index (χ1n) is 8.79. The smallest absolute Gasteiger partial charge is 0.330 e. The second kappa shape index (κ2) is 10.1. The number of amides is 1. The average Bonchev–Trinajstić information content (AvgIpc) is 3.07. The number of hydrogen-bond donors (Lipinski definition) is 2. The number of nitrogens with zero attached hydrogens (tertiary/aromatic N) is 5. The van der Waals surface area contributed by atoms with Crippen LogP contribution in [-0.4, -0.2) is 56.2 Å². The third-order valence-corrected chi connectivity index (χ3v) is 5.05. The predicted octanol–water partition coefficient (Wildman–Crippen LogP) is -0.181. The zero-order valence-electron chi connectivity index (χ0n) is 16.2. The first kappa shape index (κ1) is 21.7. The van der Waals surface area contributed by atoms with E-state index in [0.717, 1.165) is 6.42 Å². The minimum atomic E-state index is -0.705. The number of thioether (sulfide) groups is 1. The van der Waals surface area contributed by atoms with E-state index in [1.165, 1.54) is 34.7 Å². The Morgan fingerprint density at radius 2 is 2.18 bits per heavy atom. The van der Waals surface area contributed by atoms with Crippen LogP contribution in [0.15, 0.2) is 21.1 Å². The minimum Gasteiger partial charge on any atom is -0.383 e. The molecule has 0 atom stereocenters. The van der Waals surface area contributed by atoms with Crippen LogP contribution < -0.4 is 21.9 Å². The molecule has 0 aromatic carbocycles. The molecule has 0 aliphatic rings. The number of carbonyl (C=O) groups is 1. The van der Waals surface area contributed by atoms with Crippen LogP contribution in [0.3, 0.4) is 0 Å². The van der Waals surface area contributed by atoms with Crippen molar-refractivity contribution in [2.45, 2.75) is 31.5 Å². The average molecular weight is 411 g/mol. The van der Waals surface area contributed by atoms with Crippen molar-refractivity contribution in [3.05, 3.63) is 27.2 Å². The fourth-order valence-electron chi connectivity index (χ4n) is 2.53. The SMILES string of the molecule is CCCCn1c(N)c(N(CCOC)C(=O)CSc2nncn2C)c(=O)[nH]c1=O. The highest BCUT2D eigenvalue weighted by molar-refractivity contribution is 7.99. The molecule has 0 unspecified atom stereocenters. The Balaban J connectivity index is 2.35. The van der Waals surface area contributed by atoms with Crippen molar-refractivity contribution in [1.29, 1.82) is 0 Å². The zero-order chi connectivity index (χ0) is 20.7. The van der Waals surface area contributed by atoms with Crippen molar-refractivity contribution >= 4 is 29.2 Å². The van der Waals surface area contributed by atoms with Gasteiger partial charge < -0.3 is 19.9 Å². The molecule has 0 saturated carbocycles. The standard InChI is InChI=1S/C16H25N7O4S/c1-4-5-6-23-13(17)12(14(25)19-15(23)26)22(7-8-27-3)11(24)9-28-16-20-18-10-21(16)2/h10H,4-9,17H2,1-3H3,(H,19,25,26). The van der Waals surface area contributed by atoms with Crippen LogP contribution in [0.25, 0.3) is 0 Å². The van der Waals surface area contributed by atoms with Crippen LogP contribution in [0.5, 0.6) is 0 Å². The molecule has 2 heterocycles. The van der Waals surface area contributed by atoms with Crippen molar-refractivity contribution in [3.8, 4) is 0 Å². The molecule has 2 aromatic rings. The molecule has 3 N–H and O–H groups in total. The zero-order valence-corrected chi connectivity index (χ0v) is 17.0. The van der Waals surface area contributed by atoms with Gasteiger partial charge in [0.2, 0.25) is 5.91 Å². The van der Waals surface area contributed by atoms with E-state index in [0.29, 0.717) is 18.1 Å². The first-order chi connectivity index (χ1) is 13.4. The van der Waals surface area contributed by atoms with Gasteiger partial charge in [-0.2, -0.15) is 0 Å². The fraction of sp³-hybridized carbons (Fsp3) is 0.562. The van der Waals surface area contributed by atoms with E-state index in [1.807, 2.05) is 6.92 Å². The molecule has 0 aliphatic carbocycles. The molecule has 0 spiro atoms. The third kappa shape index (κ3) is 5.01. The maximum Gasteiger partial charge on any atom is 0.330 e. The summed E-state index contributed by atoms with van der Waals surface area (Å²) in [5, 5.41) is 8.25. The Labute approximate surface area is 165 Å². The molecule has 1 amide bonds. The summed E-state index contributed by atoms with van der Waals surface area (Å²) in [6, 6.07) is 0. The van der Waals surface area contributed by atoms with E-state index >= 15 is 0 Å². The van der Waals surface area contributed by atoms with Gasteiger partial charge in [0.15, 0.2) is 10.8 Å². The summed E-state index contributed by atoms with van der Waals surface area (Å²) in [6.07, 6.45) is 3.09. The second-order valence-electron chi connectivity index (χ2n) is 6.05. The lowest BCUT2D eigenvalue weighted by molar-refractivity contribution is -0.116. The summed E-state index contributed by atoms with van der Waals surface area (Å²) < 4.78 is 8.03. The Kier molecular flexibility index (Phi) is 7.81. The molecule has 2 aromatic heterocycles. The molecule has 0 fully saturated rings. The molecular formula is C16H25N7O4S. The number of hydrogen-bond acceptors (Lipinski definition) is 8. The summed E-state index contributed by atoms with van der Waals surface area (Å²) in [5.41, 5.74) is 4.79. The quantitative estimate of drug-likeness (QED) is 0.513. The van der Waals surface area contributed by atoms with Gasteiger partial charge >= 0.3 is 5.69 Å². The number of rotatable bonds is 10. The number of aryl methyl sites for hydroxylation is 1. The number of nitrogens with two attached hydrogens (primary N) is 1. The number of unbranched alkanes of at least 4 members (excludes halogenated alkanes) is 1. The molecule has 0 saturated heterocycles. The molecule has 2 rings (SSSR count). The highest BCUT2D eigenvalue weighted by Crippen LogP contribution is 2.20. The van der Waals surface area contributed by atoms with Gasteiger partial charge in [0, 0.05) is 27.2 Å². The topological polar surface area (TPSA) is 141 Å². The minimum absolute atomic E-state index is 0.0171. The van der Waals surface area contributed by atoms with Crippen LogP contribution in [0.2, 0.25) is 0 Å². The number of aromatic amines is 1. The summed E-state index contributed by atoms with van der Waals surface area (Å²) in [4.78, 5) is 41.0. The Morgan fingerprint density at radius 1 is 1.43 bits per heavy atom. The highest BCUT2D eigenvalue weighted by atomic mass is 32.2. The van der Waals surface area contributed by atoms with E-state index in [-0.39, 0.29) is 36.3 Å². The van der Waals surface area contributed by atoms with Crippen molar-refractivity contribution in [3.63, 3.8) is 0 Å². The van der Waals surface area contributed by atoms with Gasteiger partial charge in [0.05, 0.1) is 12.4 Å². The third-order valence-electron chi connectivity index (χ3n) is 4.03. The van der Waals surface area contributed by atoms with Crippen molar-refractivity contribution < 1.29 is 9.53 Å².